The summed E-state index contributed by atoms with van der Waals surface area (Å²) < 4.78 is 6.96. The first-order valence-electron chi connectivity index (χ1n) is 10.1. The maximum absolute atomic E-state index is 9.06. The summed E-state index contributed by atoms with van der Waals surface area (Å²) in [5, 5.41) is 23.6. The first-order valence-corrected chi connectivity index (χ1v) is 11.4. The number of hydrogen-bond acceptors (Lipinski definition) is 7. The monoisotopic (exact) mass is 479 g/mol. The minimum Gasteiger partial charge on any atom is -0.437 e. The molecule has 0 unspecified atom stereocenters. The molecule has 0 bridgehead atoms. The van der Waals surface area contributed by atoms with Crippen molar-refractivity contribution in [3.05, 3.63) is 94.3 Å². The van der Waals surface area contributed by atoms with E-state index in [9.17, 15) is 0 Å². The third-order valence-corrected chi connectivity index (χ3v) is 6.24. The van der Waals surface area contributed by atoms with Gasteiger partial charge in [0.25, 0.3) is 0 Å². The zero-order valence-corrected chi connectivity index (χ0v) is 19.1. The van der Waals surface area contributed by atoms with E-state index in [2.05, 4.69) is 27.4 Å². The molecule has 2 aromatic heterocycles. The molecular formula is C26H14ClN5OS. The molecule has 0 fully saturated rings. The summed E-state index contributed by atoms with van der Waals surface area (Å²) in [7, 11) is 0. The Balaban J connectivity index is 1.41. The van der Waals surface area contributed by atoms with Crippen LogP contribution in [0.3, 0.4) is 0 Å². The van der Waals surface area contributed by atoms with E-state index in [-0.39, 0.29) is 0 Å². The Bertz CT molecular complexity index is 1580. The number of benzene rings is 3. The molecule has 1 N–H and O–H groups in total. The van der Waals surface area contributed by atoms with Gasteiger partial charge in [0, 0.05) is 5.69 Å². The highest BCUT2D eigenvalue weighted by molar-refractivity contribution is 7.17. The number of thiophene rings is 1. The predicted molar refractivity (Wildman–Crippen MR) is 134 cm³/mol. The van der Waals surface area contributed by atoms with Crippen molar-refractivity contribution >= 4 is 44.8 Å². The van der Waals surface area contributed by atoms with Gasteiger partial charge in [-0.3, -0.25) is 0 Å². The van der Waals surface area contributed by atoms with Crippen molar-refractivity contribution in [2.24, 2.45) is 0 Å². The van der Waals surface area contributed by atoms with Crippen LogP contribution >= 0.6 is 22.9 Å². The smallest absolute Gasteiger partial charge is 0.242 e. The van der Waals surface area contributed by atoms with Gasteiger partial charge in [-0.1, -0.05) is 29.8 Å². The van der Waals surface area contributed by atoms with Gasteiger partial charge in [-0.05, 0) is 71.1 Å². The average Bonchev–Trinajstić information content (AvgIpc) is 3.34. The zero-order valence-electron chi connectivity index (χ0n) is 17.5. The quantitative estimate of drug-likeness (QED) is 0.284. The largest absolute Gasteiger partial charge is 0.437 e. The van der Waals surface area contributed by atoms with Crippen LogP contribution in [0.1, 0.15) is 11.1 Å². The number of fused-ring (bicyclic) bond motifs is 1. The third kappa shape index (κ3) is 4.39. The first kappa shape index (κ1) is 21.4. The summed E-state index contributed by atoms with van der Waals surface area (Å²) in [5.74, 6) is 1.47. The number of aromatic nitrogens is 2. The Labute approximate surface area is 204 Å². The molecule has 34 heavy (non-hydrogen) atoms. The molecule has 0 saturated carbocycles. The maximum atomic E-state index is 9.06. The summed E-state index contributed by atoms with van der Waals surface area (Å²) >= 11 is 7.67. The lowest BCUT2D eigenvalue weighted by Gasteiger charge is -2.10. The van der Waals surface area contributed by atoms with Gasteiger partial charge in [-0.25, -0.2) is 4.98 Å². The van der Waals surface area contributed by atoms with Crippen LogP contribution in [0.2, 0.25) is 5.02 Å². The van der Waals surface area contributed by atoms with Gasteiger partial charge < -0.3 is 10.1 Å². The molecule has 0 atom stereocenters. The highest BCUT2D eigenvalue weighted by Crippen LogP contribution is 2.34. The highest BCUT2D eigenvalue weighted by Gasteiger charge is 2.12. The number of ether oxygens (including phenoxy) is 1. The zero-order chi connectivity index (χ0) is 23.5. The fourth-order valence-electron chi connectivity index (χ4n) is 3.33. The van der Waals surface area contributed by atoms with Crippen molar-refractivity contribution in [1.82, 2.24) is 9.97 Å². The summed E-state index contributed by atoms with van der Waals surface area (Å²) in [6, 6.07) is 26.0. The van der Waals surface area contributed by atoms with Crippen LogP contribution in [-0.4, -0.2) is 9.97 Å². The fraction of sp³-hybridized carbons (Fsp3) is 0. The van der Waals surface area contributed by atoms with E-state index in [1.807, 2.05) is 41.8 Å². The van der Waals surface area contributed by atoms with E-state index >= 15 is 0 Å². The van der Waals surface area contributed by atoms with E-state index in [1.165, 1.54) is 11.3 Å². The molecule has 3 aromatic carbocycles. The number of hydrogen-bond donors (Lipinski definition) is 1. The Hall–Kier alpha value is -4.43. The van der Waals surface area contributed by atoms with Gasteiger partial charge in [-0.15, -0.1) is 11.3 Å². The molecule has 0 aliphatic carbocycles. The molecular weight excluding hydrogens is 466 g/mol. The molecule has 5 rings (SSSR count). The van der Waals surface area contributed by atoms with E-state index in [0.29, 0.717) is 33.7 Å². The normalized spacial score (nSPS) is 10.4. The van der Waals surface area contributed by atoms with E-state index < -0.39 is 0 Å². The second kappa shape index (κ2) is 9.21. The van der Waals surface area contributed by atoms with Crippen LogP contribution in [0.4, 0.5) is 11.6 Å². The Morgan fingerprint density at radius 1 is 0.853 bits per heavy atom. The van der Waals surface area contributed by atoms with E-state index in [1.54, 1.807) is 36.4 Å². The van der Waals surface area contributed by atoms with Crippen LogP contribution in [0.5, 0.6) is 11.6 Å². The standard InChI is InChI=1S/C26H14ClN5OS/c27-22-13-18(3-4-19(22)15-29)17-5-9-21(10-6-17)33-25-24-23(11-12-34-24)31-26(32-25)30-20-7-1-16(14-28)2-8-20/h1-13H,(H,30,31,32). The van der Waals surface area contributed by atoms with Crippen LogP contribution in [0, 0.1) is 22.7 Å². The number of halogens is 1. The van der Waals surface area contributed by atoms with Gasteiger partial charge in [0.05, 0.1) is 27.7 Å². The highest BCUT2D eigenvalue weighted by atomic mass is 35.5. The lowest BCUT2D eigenvalue weighted by molar-refractivity contribution is 0.470. The topological polar surface area (TPSA) is 94.6 Å². The first-order chi connectivity index (χ1) is 16.6. The molecule has 162 valence electrons. The van der Waals surface area contributed by atoms with Crippen molar-refractivity contribution in [1.29, 1.82) is 10.5 Å². The Morgan fingerprint density at radius 3 is 2.32 bits per heavy atom. The molecule has 8 heteroatoms. The lowest BCUT2D eigenvalue weighted by Crippen LogP contribution is -1.99. The van der Waals surface area contributed by atoms with Crippen LogP contribution in [0.15, 0.2) is 78.2 Å². The van der Waals surface area contributed by atoms with Gasteiger partial charge in [0.2, 0.25) is 11.8 Å². The van der Waals surface area contributed by atoms with E-state index in [0.717, 1.165) is 27.0 Å². The predicted octanol–water partition coefficient (Wildman–Crippen LogP) is 7.29. The number of nitrogens with zero attached hydrogens (tertiary/aromatic N) is 4. The van der Waals surface area contributed by atoms with E-state index in [4.69, 9.17) is 26.9 Å². The Kier molecular flexibility index (Phi) is 5.80. The second-order valence-electron chi connectivity index (χ2n) is 7.23. The van der Waals surface area contributed by atoms with Crippen molar-refractivity contribution in [3.63, 3.8) is 0 Å². The van der Waals surface area contributed by atoms with Crippen molar-refractivity contribution in [3.8, 4) is 34.9 Å². The molecule has 0 aliphatic rings. The van der Waals surface area contributed by atoms with Crippen molar-refractivity contribution in [2.75, 3.05) is 5.32 Å². The molecule has 0 amide bonds. The number of rotatable bonds is 5. The molecule has 0 spiro atoms. The molecule has 5 aromatic rings. The molecule has 0 aliphatic heterocycles. The van der Waals surface area contributed by atoms with Crippen LogP contribution in [-0.2, 0) is 0 Å². The minimum absolute atomic E-state index is 0.398. The molecule has 6 nitrogen and oxygen atoms in total. The fourth-order valence-corrected chi connectivity index (χ4v) is 4.31. The third-order valence-electron chi connectivity index (χ3n) is 5.03. The summed E-state index contributed by atoms with van der Waals surface area (Å²) in [6.45, 7) is 0. The summed E-state index contributed by atoms with van der Waals surface area (Å²) in [6.07, 6.45) is 0. The number of nitriles is 2. The lowest BCUT2D eigenvalue weighted by atomic mass is 10.0. The maximum Gasteiger partial charge on any atom is 0.242 e. The van der Waals surface area contributed by atoms with Crippen molar-refractivity contribution in [2.45, 2.75) is 0 Å². The second-order valence-corrected chi connectivity index (χ2v) is 8.56. The SMILES string of the molecule is N#Cc1ccc(Nc2nc(Oc3ccc(-c4ccc(C#N)c(Cl)c4)cc3)c3sccc3n2)cc1. The minimum atomic E-state index is 0.398. The van der Waals surface area contributed by atoms with Gasteiger partial charge >= 0.3 is 0 Å². The van der Waals surface area contributed by atoms with Gasteiger partial charge in [-0.2, -0.15) is 15.5 Å². The molecule has 2 heterocycles. The molecule has 0 radical (unpaired) electrons. The van der Waals surface area contributed by atoms with Gasteiger partial charge in [0.1, 0.15) is 16.5 Å². The van der Waals surface area contributed by atoms with Gasteiger partial charge in [0.15, 0.2) is 0 Å². The van der Waals surface area contributed by atoms with Crippen LogP contribution < -0.4 is 10.1 Å². The number of nitrogens with one attached hydrogen (secondary N) is 1. The summed E-state index contributed by atoms with van der Waals surface area (Å²) in [5.41, 5.74) is 4.42. The average molecular weight is 480 g/mol. The molecule has 0 saturated heterocycles. The Morgan fingerprint density at radius 2 is 1.62 bits per heavy atom. The van der Waals surface area contributed by atoms with Crippen molar-refractivity contribution < 1.29 is 4.74 Å². The summed E-state index contributed by atoms with van der Waals surface area (Å²) in [4.78, 5) is 9.13. The van der Waals surface area contributed by atoms with Crippen LogP contribution in [0.25, 0.3) is 21.3 Å². The number of anilines is 2.